The number of halogens is 4. The molecule has 0 fully saturated rings. The second-order valence-corrected chi connectivity index (χ2v) is 6.16. The van der Waals surface area contributed by atoms with Crippen molar-refractivity contribution in [1.82, 2.24) is 0 Å². The highest BCUT2D eigenvalue weighted by molar-refractivity contribution is 9.10. The normalized spacial score (nSPS) is 10.7. The predicted octanol–water partition coefficient (Wildman–Crippen LogP) is 5.48. The Hall–Kier alpha value is -0.450. The maximum atomic E-state index is 9.09. The molecule has 0 aliphatic rings. The van der Waals surface area contributed by atoms with Crippen molar-refractivity contribution in [2.75, 3.05) is 0 Å². The largest absolute Gasteiger partial charge is 0.486 e. The maximum Gasteiger partial charge on any atom is 0.152 e. The van der Waals surface area contributed by atoms with Crippen LogP contribution in [0.15, 0.2) is 34.8 Å². The van der Waals surface area contributed by atoms with E-state index in [1.54, 1.807) is 24.3 Å². The van der Waals surface area contributed by atoms with Gasteiger partial charge in [0.05, 0.1) is 26.1 Å². The van der Waals surface area contributed by atoms with Gasteiger partial charge in [-0.25, -0.2) is 0 Å². The minimum Gasteiger partial charge on any atom is -0.486 e. The van der Waals surface area contributed by atoms with E-state index in [0.29, 0.717) is 37.5 Å². The first-order chi connectivity index (χ1) is 9.51. The molecule has 1 N–H and O–H groups in total. The van der Waals surface area contributed by atoms with E-state index in [1.807, 2.05) is 6.07 Å². The second kappa shape index (κ2) is 7.01. The Kier molecular flexibility index (Phi) is 5.58. The average molecular weight is 396 g/mol. The zero-order chi connectivity index (χ0) is 14.7. The minimum atomic E-state index is -0.0780. The predicted molar refractivity (Wildman–Crippen MR) is 85.9 cm³/mol. The van der Waals surface area contributed by atoms with E-state index in [2.05, 4.69) is 15.9 Å². The number of benzene rings is 2. The molecule has 0 heterocycles. The van der Waals surface area contributed by atoms with Gasteiger partial charge in [-0.3, -0.25) is 0 Å². The lowest BCUT2D eigenvalue weighted by Gasteiger charge is -2.12. The topological polar surface area (TPSA) is 29.5 Å². The van der Waals surface area contributed by atoms with Gasteiger partial charge in [0.1, 0.15) is 6.61 Å². The molecule has 0 bridgehead atoms. The number of hydrogen-bond acceptors (Lipinski definition) is 2. The summed E-state index contributed by atoms with van der Waals surface area (Å²) in [4.78, 5) is 0. The summed E-state index contributed by atoms with van der Waals surface area (Å²) in [5, 5.41) is 10.5. The summed E-state index contributed by atoms with van der Waals surface area (Å²) in [7, 11) is 0. The molecule has 2 rings (SSSR count). The molecule has 0 spiro atoms. The monoisotopic (exact) mass is 394 g/mol. The van der Waals surface area contributed by atoms with Crippen LogP contribution in [0, 0.1) is 0 Å². The third-order valence-corrected chi connectivity index (χ3v) is 4.22. The molecule has 0 amide bonds. The van der Waals surface area contributed by atoms with Crippen LogP contribution in [0.25, 0.3) is 0 Å². The zero-order valence-electron chi connectivity index (χ0n) is 10.2. The van der Waals surface area contributed by atoms with Crippen molar-refractivity contribution >= 4 is 50.7 Å². The lowest BCUT2D eigenvalue weighted by atomic mass is 10.2. The van der Waals surface area contributed by atoms with E-state index < -0.39 is 0 Å². The molecule has 20 heavy (non-hydrogen) atoms. The fourth-order valence-corrected chi connectivity index (χ4v) is 2.98. The molecule has 0 aliphatic carbocycles. The van der Waals surface area contributed by atoms with Gasteiger partial charge in [0.2, 0.25) is 0 Å². The Labute approximate surface area is 140 Å². The van der Waals surface area contributed by atoms with Gasteiger partial charge < -0.3 is 9.84 Å². The van der Waals surface area contributed by atoms with Gasteiger partial charge in [0, 0.05) is 0 Å². The Balaban J connectivity index is 2.16. The van der Waals surface area contributed by atoms with Crippen molar-refractivity contribution < 1.29 is 9.84 Å². The van der Waals surface area contributed by atoms with Crippen molar-refractivity contribution in [3.63, 3.8) is 0 Å². The summed E-state index contributed by atoms with van der Waals surface area (Å²) in [6.45, 7) is 0.235. The molecule has 2 aromatic carbocycles. The summed E-state index contributed by atoms with van der Waals surface area (Å²) in [5.41, 5.74) is 1.59. The van der Waals surface area contributed by atoms with Crippen LogP contribution in [0.3, 0.4) is 0 Å². The molecule has 2 nitrogen and oxygen atoms in total. The highest BCUT2D eigenvalue weighted by atomic mass is 79.9. The van der Waals surface area contributed by atoms with Crippen LogP contribution in [0.1, 0.15) is 11.1 Å². The van der Waals surface area contributed by atoms with E-state index in [-0.39, 0.29) is 6.61 Å². The van der Waals surface area contributed by atoms with Gasteiger partial charge in [-0.2, -0.15) is 0 Å². The van der Waals surface area contributed by atoms with E-state index in [4.69, 9.17) is 44.6 Å². The third kappa shape index (κ3) is 3.80. The molecule has 0 unspecified atom stereocenters. The first kappa shape index (κ1) is 15.9. The van der Waals surface area contributed by atoms with Crippen molar-refractivity contribution in [3.8, 4) is 5.75 Å². The smallest absolute Gasteiger partial charge is 0.152 e. The van der Waals surface area contributed by atoms with E-state index in [9.17, 15) is 0 Å². The zero-order valence-corrected chi connectivity index (χ0v) is 14.0. The van der Waals surface area contributed by atoms with Crippen LogP contribution < -0.4 is 4.74 Å². The van der Waals surface area contributed by atoms with Crippen LogP contribution in [-0.4, -0.2) is 5.11 Å². The molecule has 0 saturated heterocycles. The third-order valence-electron chi connectivity index (χ3n) is 2.61. The molecule has 0 atom stereocenters. The van der Waals surface area contributed by atoms with Gasteiger partial charge in [-0.1, -0.05) is 40.9 Å². The molecule has 0 radical (unpaired) electrons. The van der Waals surface area contributed by atoms with Gasteiger partial charge >= 0.3 is 0 Å². The average Bonchev–Trinajstić information content (AvgIpc) is 2.41. The number of hydrogen-bond donors (Lipinski definition) is 1. The molecular weight excluding hydrogens is 386 g/mol. The SMILES string of the molecule is OCc1cc(Cl)c(OCc2ccc(Cl)c(Cl)c2)c(Br)c1. The quantitative estimate of drug-likeness (QED) is 0.741. The Morgan fingerprint density at radius 2 is 1.65 bits per heavy atom. The molecule has 0 aromatic heterocycles. The van der Waals surface area contributed by atoms with Crippen LogP contribution in [0.2, 0.25) is 15.1 Å². The van der Waals surface area contributed by atoms with Crippen LogP contribution >= 0.6 is 50.7 Å². The van der Waals surface area contributed by atoms with Crippen LogP contribution in [0.5, 0.6) is 5.75 Å². The Morgan fingerprint density at radius 3 is 2.25 bits per heavy atom. The van der Waals surface area contributed by atoms with E-state index in [1.165, 1.54) is 0 Å². The summed E-state index contributed by atoms with van der Waals surface area (Å²) in [6, 6.07) is 8.71. The molecule has 106 valence electrons. The van der Waals surface area contributed by atoms with Crippen molar-refractivity contribution in [3.05, 3.63) is 61.0 Å². The summed E-state index contributed by atoms with van der Waals surface area (Å²) >= 11 is 21.3. The summed E-state index contributed by atoms with van der Waals surface area (Å²) < 4.78 is 6.37. The molecule has 6 heteroatoms. The molecular formula is C14H10BrCl3O2. The minimum absolute atomic E-state index is 0.0780. The number of aliphatic hydroxyl groups is 1. The first-order valence-electron chi connectivity index (χ1n) is 5.66. The van der Waals surface area contributed by atoms with Crippen LogP contribution in [0.4, 0.5) is 0 Å². The van der Waals surface area contributed by atoms with Gasteiger partial charge in [0.25, 0.3) is 0 Å². The standard InChI is InChI=1S/C14H10BrCl3O2/c15-10-3-9(6-19)5-13(18)14(10)20-7-8-1-2-11(16)12(17)4-8/h1-5,19H,6-7H2. The van der Waals surface area contributed by atoms with Crippen LogP contribution in [-0.2, 0) is 13.2 Å². The fourth-order valence-electron chi connectivity index (χ4n) is 1.63. The number of aliphatic hydroxyl groups excluding tert-OH is 1. The number of rotatable bonds is 4. The van der Waals surface area contributed by atoms with Crippen molar-refractivity contribution in [2.45, 2.75) is 13.2 Å². The summed E-state index contributed by atoms with van der Waals surface area (Å²) in [5.74, 6) is 0.523. The first-order valence-corrected chi connectivity index (χ1v) is 7.59. The highest BCUT2D eigenvalue weighted by Gasteiger charge is 2.10. The van der Waals surface area contributed by atoms with Crippen molar-refractivity contribution in [1.29, 1.82) is 0 Å². The number of ether oxygens (including phenoxy) is 1. The molecule has 2 aromatic rings. The van der Waals surface area contributed by atoms with Gasteiger partial charge in [-0.15, -0.1) is 0 Å². The van der Waals surface area contributed by atoms with Crippen molar-refractivity contribution in [2.24, 2.45) is 0 Å². The molecule has 0 saturated carbocycles. The second-order valence-electron chi connectivity index (χ2n) is 4.08. The van der Waals surface area contributed by atoms with Gasteiger partial charge in [-0.05, 0) is 51.3 Å². The van der Waals surface area contributed by atoms with Gasteiger partial charge in [0.15, 0.2) is 5.75 Å². The maximum absolute atomic E-state index is 9.09. The van der Waals surface area contributed by atoms with E-state index in [0.717, 1.165) is 5.56 Å². The Morgan fingerprint density at radius 1 is 0.950 bits per heavy atom. The lowest BCUT2D eigenvalue weighted by Crippen LogP contribution is -1.98. The molecule has 0 aliphatic heterocycles. The lowest BCUT2D eigenvalue weighted by molar-refractivity contribution is 0.280. The fraction of sp³-hybridized carbons (Fsp3) is 0.143. The highest BCUT2D eigenvalue weighted by Crippen LogP contribution is 2.35. The summed E-state index contributed by atoms with van der Waals surface area (Å²) in [6.07, 6.45) is 0. The Bertz CT molecular complexity index is 609. The van der Waals surface area contributed by atoms with E-state index >= 15 is 0 Å².